The maximum absolute atomic E-state index is 12.5. The third kappa shape index (κ3) is 3.67. The highest BCUT2D eigenvalue weighted by Gasteiger charge is 2.31. The molecule has 1 aliphatic heterocycles. The van der Waals surface area contributed by atoms with E-state index in [9.17, 15) is 18.3 Å². The molecule has 1 amide bonds. The lowest BCUT2D eigenvalue weighted by Crippen LogP contribution is -2.31. The zero-order valence-corrected chi connectivity index (χ0v) is 17.2. The molecule has 10 heteroatoms. The number of rotatable bonds is 4. The van der Waals surface area contributed by atoms with Crippen LogP contribution in [0.3, 0.4) is 0 Å². The molecule has 2 aromatic rings. The van der Waals surface area contributed by atoms with E-state index in [1.54, 1.807) is 24.3 Å². The van der Waals surface area contributed by atoms with Gasteiger partial charge in [0.1, 0.15) is 4.90 Å². The number of sulfone groups is 1. The predicted molar refractivity (Wildman–Crippen MR) is 109 cm³/mol. The molecular weight excluding hydrogens is 425 g/mol. The molecule has 0 saturated carbocycles. The monoisotopic (exact) mass is 441 g/mol. The summed E-state index contributed by atoms with van der Waals surface area (Å²) in [6.45, 7) is 2.97. The number of phenolic OH excluding ortho intramolecular Hbond substituents is 1. The fourth-order valence-electron chi connectivity index (χ4n) is 2.66. The summed E-state index contributed by atoms with van der Waals surface area (Å²) in [6.07, 6.45) is 0. The molecule has 0 spiro atoms. The lowest BCUT2D eigenvalue weighted by atomic mass is 10.1. The van der Waals surface area contributed by atoms with Gasteiger partial charge in [0, 0.05) is 10.6 Å². The molecule has 7 nitrogen and oxygen atoms in total. The lowest BCUT2D eigenvalue weighted by Gasteiger charge is -2.15. The summed E-state index contributed by atoms with van der Waals surface area (Å²) >= 11 is 12.1. The Labute approximate surface area is 172 Å². The van der Waals surface area contributed by atoms with Crippen LogP contribution in [0.15, 0.2) is 46.3 Å². The molecule has 1 unspecified atom stereocenters. The van der Waals surface area contributed by atoms with Gasteiger partial charge in [0.2, 0.25) is 5.96 Å². The minimum atomic E-state index is -3.83. The zero-order chi connectivity index (χ0) is 20.6. The molecule has 0 fully saturated rings. The van der Waals surface area contributed by atoms with Crippen molar-refractivity contribution in [2.45, 2.75) is 30.0 Å². The third-order valence-corrected chi connectivity index (χ3v) is 7.18. The van der Waals surface area contributed by atoms with Gasteiger partial charge in [-0.15, -0.1) is 0 Å². The Morgan fingerprint density at radius 3 is 2.46 bits per heavy atom. The molecule has 3 rings (SSSR count). The van der Waals surface area contributed by atoms with Crippen molar-refractivity contribution in [1.82, 2.24) is 5.32 Å². The van der Waals surface area contributed by atoms with Crippen LogP contribution in [0.2, 0.25) is 10.0 Å². The predicted octanol–water partition coefficient (Wildman–Crippen LogP) is 3.52. The summed E-state index contributed by atoms with van der Waals surface area (Å²) < 4.78 is 25.0. The lowest BCUT2D eigenvalue weighted by molar-refractivity contribution is -0.120. The molecule has 1 heterocycles. The van der Waals surface area contributed by atoms with E-state index in [0.29, 0.717) is 10.6 Å². The molecule has 0 aromatic heterocycles. The smallest absolute Gasteiger partial charge is 0.256 e. The van der Waals surface area contributed by atoms with Crippen LogP contribution in [0.4, 0.5) is 5.69 Å². The number of guanidine groups is 1. The Hall–Kier alpha value is -2.29. The summed E-state index contributed by atoms with van der Waals surface area (Å²) in [6, 6.07) is 8.71. The standard InChI is InChI=1S/C18H17Cl2N3O4S/c1-9(2)28(26,27)16-12(20)7-8-13(15(16)24)21-18-22-14(17(25)23-18)10-5-3-4-6-11(10)19/h3-9,14,24H,1-2H3,(H2,21,22,23,25). The van der Waals surface area contributed by atoms with Gasteiger partial charge in [-0.1, -0.05) is 41.4 Å². The van der Waals surface area contributed by atoms with E-state index in [4.69, 9.17) is 23.2 Å². The summed E-state index contributed by atoms with van der Waals surface area (Å²) in [5, 5.41) is 15.3. The number of aliphatic imine (C=N–C) groups is 1. The number of hydrogen-bond donors (Lipinski definition) is 3. The minimum absolute atomic E-state index is 0.0440. The van der Waals surface area contributed by atoms with E-state index in [0.717, 1.165) is 0 Å². The molecule has 1 aliphatic rings. The maximum Gasteiger partial charge on any atom is 0.256 e. The van der Waals surface area contributed by atoms with E-state index in [2.05, 4.69) is 15.6 Å². The summed E-state index contributed by atoms with van der Waals surface area (Å²) in [5.74, 6) is -0.890. The first-order valence-electron chi connectivity index (χ1n) is 8.28. The van der Waals surface area contributed by atoms with Crippen LogP contribution < -0.4 is 10.6 Å². The van der Waals surface area contributed by atoms with Crippen LogP contribution in [-0.4, -0.2) is 30.6 Å². The van der Waals surface area contributed by atoms with Crippen molar-refractivity contribution in [3.63, 3.8) is 0 Å². The molecule has 0 radical (unpaired) electrons. The number of carbonyl (C=O) groups is 1. The number of amides is 1. The molecule has 28 heavy (non-hydrogen) atoms. The molecule has 0 aliphatic carbocycles. The largest absolute Gasteiger partial charge is 0.504 e. The van der Waals surface area contributed by atoms with Crippen molar-refractivity contribution in [2.75, 3.05) is 5.32 Å². The van der Waals surface area contributed by atoms with E-state index < -0.39 is 32.8 Å². The van der Waals surface area contributed by atoms with Gasteiger partial charge in [0.25, 0.3) is 5.91 Å². The Morgan fingerprint density at radius 2 is 1.82 bits per heavy atom. The Kier molecular flexibility index (Phi) is 5.56. The summed E-state index contributed by atoms with van der Waals surface area (Å²) in [5.41, 5.74) is 0.573. The molecule has 148 valence electrons. The highest BCUT2D eigenvalue weighted by molar-refractivity contribution is 7.92. The zero-order valence-electron chi connectivity index (χ0n) is 14.9. The average molecular weight is 442 g/mol. The second-order valence-electron chi connectivity index (χ2n) is 6.38. The molecule has 3 N–H and O–H groups in total. The topological polar surface area (TPSA) is 108 Å². The number of halogens is 2. The van der Waals surface area contributed by atoms with Crippen molar-refractivity contribution in [3.05, 3.63) is 52.0 Å². The number of carbonyl (C=O) groups excluding carboxylic acids is 1. The number of anilines is 1. The second kappa shape index (κ2) is 7.62. The summed E-state index contributed by atoms with van der Waals surface area (Å²) in [7, 11) is -3.83. The van der Waals surface area contributed by atoms with Gasteiger partial charge >= 0.3 is 0 Å². The van der Waals surface area contributed by atoms with Gasteiger partial charge < -0.3 is 10.4 Å². The number of phenols is 1. The van der Waals surface area contributed by atoms with E-state index in [1.165, 1.54) is 26.0 Å². The fourth-order valence-corrected chi connectivity index (χ4v) is 4.56. The van der Waals surface area contributed by atoms with Crippen LogP contribution in [0.25, 0.3) is 0 Å². The molecule has 0 saturated heterocycles. The fraction of sp³-hybridized carbons (Fsp3) is 0.222. The van der Waals surface area contributed by atoms with E-state index in [1.807, 2.05) is 0 Å². The Bertz CT molecular complexity index is 1080. The Balaban J connectivity index is 1.96. The van der Waals surface area contributed by atoms with Crippen LogP contribution in [0.1, 0.15) is 25.5 Å². The van der Waals surface area contributed by atoms with E-state index in [-0.39, 0.29) is 21.6 Å². The molecular formula is C18H17Cl2N3O4S. The number of aromatic hydroxyl groups is 1. The molecule has 0 bridgehead atoms. The van der Waals surface area contributed by atoms with Crippen molar-refractivity contribution in [3.8, 4) is 5.75 Å². The van der Waals surface area contributed by atoms with Crippen LogP contribution >= 0.6 is 23.2 Å². The van der Waals surface area contributed by atoms with Crippen LogP contribution in [0.5, 0.6) is 5.75 Å². The minimum Gasteiger partial charge on any atom is -0.504 e. The molecule has 1 atom stereocenters. The van der Waals surface area contributed by atoms with Crippen molar-refractivity contribution in [2.24, 2.45) is 4.99 Å². The first-order valence-corrected chi connectivity index (χ1v) is 10.6. The highest BCUT2D eigenvalue weighted by Crippen LogP contribution is 2.39. The van der Waals surface area contributed by atoms with Gasteiger partial charge in [-0.2, -0.15) is 0 Å². The van der Waals surface area contributed by atoms with Gasteiger partial charge in [-0.25, -0.2) is 13.4 Å². The van der Waals surface area contributed by atoms with Crippen LogP contribution in [0, 0.1) is 0 Å². The number of benzene rings is 2. The van der Waals surface area contributed by atoms with Crippen molar-refractivity contribution < 1.29 is 18.3 Å². The summed E-state index contributed by atoms with van der Waals surface area (Å²) in [4.78, 5) is 16.2. The quantitative estimate of drug-likeness (QED) is 0.628. The Morgan fingerprint density at radius 1 is 1.14 bits per heavy atom. The average Bonchev–Trinajstić information content (AvgIpc) is 2.98. The van der Waals surface area contributed by atoms with Gasteiger partial charge in [-0.3, -0.25) is 10.1 Å². The SMILES string of the molecule is CC(C)S(=O)(=O)c1c(Cl)ccc(NC2=NC(c3ccccc3Cl)C(=O)N2)c1O. The third-order valence-electron chi connectivity index (χ3n) is 4.19. The van der Waals surface area contributed by atoms with Crippen molar-refractivity contribution in [1.29, 1.82) is 0 Å². The van der Waals surface area contributed by atoms with Gasteiger partial charge in [0.05, 0.1) is 16.0 Å². The second-order valence-corrected chi connectivity index (χ2v) is 9.64. The van der Waals surface area contributed by atoms with Gasteiger partial charge in [0.15, 0.2) is 21.6 Å². The first kappa shape index (κ1) is 20.4. The number of hydrogen-bond acceptors (Lipinski definition) is 6. The van der Waals surface area contributed by atoms with Crippen molar-refractivity contribution >= 4 is 50.6 Å². The normalized spacial score (nSPS) is 16.8. The highest BCUT2D eigenvalue weighted by atomic mass is 35.5. The van der Waals surface area contributed by atoms with Gasteiger partial charge in [-0.05, 0) is 32.0 Å². The number of nitrogens with one attached hydrogen (secondary N) is 2. The number of nitrogens with zero attached hydrogens (tertiary/aromatic N) is 1. The van der Waals surface area contributed by atoms with Crippen LogP contribution in [-0.2, 0) is 14.6 Å². The maximum atomic E-state index is 12.5. The van der Waals surface area contributed by atoms with E-state index >= 15 is 0 Å². The molecule has 2 aromatic carbocycles. The first-order chi connectivity index (χ1) is 13.1.